The van der Waals surface area contributed by atoms with E-state index in [2.05, 4.69) is 83.8 Å². The van der Waals surface area contributed by atoms with Gasteiger partial charge in [0.25, 0.3) is 0 Å². The highest BCUT2D eigenvalue weighted by Gasteiger charge is 2.28. The van der Waals surface area contributed by atoms with Crippen LogP contribution < -0.4 is 0 Å². The number of piperidine rings is 1. The fourth-order valence-electron chi connectivity index (χ4n) is 4.67. The second-order valence-corrected chi connectivity index (χ2v) is 10.1. The Morgan fingerprint density at radius 1 is 1.09 bits per heavy atom. The lowest BCUT2D eigenvalue weighted by molar-refractivity contribution is 0.0773. The number of hydrogen-bond acceptors (Lipinski definition) is 5. The minimum absolute atomic E-state index is 0.182. The van der Waals surface area contributed by atoms with E-state index in [1.165, 1.54) is 17.6 Å². The summed E-state index contributed by atoms with van der Waals surface area (Å²) >= 11 is 1.81. The van der Waals surface area contributed by atoms with Crippen molar-refractivity contribution in [1.29, 1.82) is 0 Å². The molecule has 1 aliphatic rings. The second-order valence-electron chi connectivity index (χ2n) is 8.85. The molecule has 1 heterocycles. The molecule has 1 amide bonds. The molecule has 180 valence electrons. The number of rotatable bonds is 11. The third-order valence-electron chi connectivity index (χ3n) is 6.42. The van der Waals surface area contributed by atoms with Crippen LogP contribution in [0.2, 0.25) is 0 Å². The van der Waals surface area contributed by atoms with Gasteiger partial charge in [-0.2, -0.15) is 0 Å². The van der Waals surface area contributed by atoms with Crippen LogP contribution in [0.5, 0.6) is 0 Å². The van der Waals surface area contributed by atoms with E-state index >= 15 is 0 Å². The van der Waals surface area contributed by atoms with Gasteiger partial charge in [-0.3, -0.25) is 0 Å². The molecule has 2 aromatic carbocycles. The predicted molar refractivity (Wildman–Crippen MR) is 138 cm³/mol. The second kappa shape index (κ2) is 13.6. The molecule has 0 bridgehead atoms. The molecule has 1 aliphatic heterocycles. The Morgan fingerprint density at radius 2 is 1.73 bits per heavy atom. The van der Waals surface area contributed by atoms with Crippen molar-refractivity contribution in [3.05, 3.63) is 66.2 Å². The van der Waals surface area contributed by atoms with Crippen molar-refractivity contribution in [2.24, 2.45) is 0 Å². The van der Waals surface area contributed by atoms with Gasteiger partial charge in [-0.15, -0.1) is 0 Å². The first-order valence-corrected chi connectivity index (χ1v) is 12.9. The van der Waals surface area contributed by atoms with Crippen LogP contribution in [0, 0.1) is 0 Å². The van der Waals surface area contributed by atoms with Crippen molar-refractivity contribution >= 4 is 18.0 Å². The van der Waals surface area contributed by atoms with Gasteiger partial charge < -0.3 is 14.5 Å². The van der Waals surface area contributed by atoms with Gasteiger partial charge in [-0.25, -0.2) is 9.10 Å². The monoisotopic (exact) mass is 469 g/mol. The fourth-order valence-corrected chi connectivity index (χ4v) is 5.56. The molecule has 0 saturated carbocycles. The zero-order valence-corrected chi connectivity index (χ0v) is 21.2. The highest BCUT2D eigenvalue weighted by atomic mass is 32.2. The lowest BCUT2D eigenvalue weighted by Gasteiger charge is -2.38. The SMILES string of the molecule is CCCN(C(=O)OC)C1CCN(CCC(CN(C)Sc2ccccc2)c2ccccc2)CC1. The predicted octanol–water partition coefficient (Wildman–Crippen LogP) is 5.74. The molecule has 0 aromatic heterocycles. The molecule has 0 aliphatic carbocycles. The van der Waals surface area contributed by atoms with Gasteiger partial charge >= 0.3 is 6.09 Å². The van der Waals surface area contributed by atoms with Crippen LogP contribution in [-0.4, -0.2) is 73.1 Å². The molecule has 1 unspecified atom stereocenters. The van der Waals surface area contributed by atoms with E-state index in [0.717, 1.165) is 58.4 Å². The summed E-state index contributed by atoms with van der Waals surface area (Å²) < 4.78 is 7.38. The largest absolute Gasteiger partial charge is 0.453 e. The number of likely N-dealkylation sites (N-methyl/N-ethyl adjacent to an activating group) is 1. The van der Waals surface area contributed by atoms with Crippen molar-refractivity contribution < 1.29 is 9.53 Å². The summed E-state index contributed by atoms with van der Waals surface area (Å²) in [6.07, 6.45) is 3.95. The van der Waals surface area contributed by atoms with E-state index in [-0.39, 0.29) is 6.09 Å². The van der Waals surface area contributed by atoms with E-state index in [1.807, 2.05) is 16.8 Å². The normalized spacial score (nSPS) is 16.0. The lowest BCUT2D eigenvalue weighted by Crippen LogP contribution is -2.48. The molecule has 0 N–H and O–H groups in total. The summed E-state index contributed by atoms with van der Waals surface area (Å²) in [6, 6.07) is 21.8. The molecule has 1 saturated heterocycles. The van der Waals surface area contributed by atoms with E-state index in [4.69, 9.17) is 4.74 Å². The zero-order valence-electron chi connectivity index (χ0n) is 20.4. The Bertz CT molecular complexity index is 813. The van der Waals surface area contributed by atoms with Gasteiger partial charge in [0.1, 0.15) is 0 Å². The van der Waals surface area contributed by atoms with E-state index in [1.54, 1.807) is 0 Å². The molecule has 33 heavy (non-hydrogen) atoms. The van der Waals surface area contributed by atoms with Gasteiger partial charge in [0.2, 0.25) is 0 Å². The molecule has 6 heteroatoms. The Labute approximate surface area is 204 Å². The summed E-state index contributed by atoms with van der Waals surface area (Å²) in [5.41, 5.74) is 1.41. The van der Waals surface area contributed by atoms with Crippen LogP contribution in [0.4, 0.5) is 4.79 Å². The van der Waals surface area contributed by atoms with Crippen molar-refractivity contribution in [2.75, 3.05) is 46.9 Å². The average Bonchev–Trinajstić information content (AvgIpc) is 2.86. The summed E-state index contributed by atoms with van der Waals surface area (Å²) in [6.45, 7) is 7.06. The van der Waals surface area contributed by atoms with Gasteiger partial charge in [0.05, 0.1) is 7.11 Å². The first-order chi connectivity index (χ1) is 16.1. The fraction of sp³-hybridized carbons (Fsp3) is 0.519. The van der Waals surface area contributed by atoms with Gasteiger partial charge in [0, 0.05) is 37.1 Å². The van der Waals surface area contributed by atoms with Gasteiger partial charge in [-0.1, -0.05) is 55.5 Å². The maximum Gasteiger partial charge on any atom is 0.409 e. The average molecular weight is 470 g/mol. The third-order valence-corrected chi connectivity index (χ3v) is 7.36. The summed E-state index contributed by atoms with van der Waals surface area (Å²) in [5.74, 6) is 0.483. The van der Waals surface area contributed by atoms with E-state index < -0.39 is 0 Å². The molecule has 1 fully saturated rings. The number of hydrogen-bond donors (Lipinski definition) is 0. The van der Waals surface area contributed by atoms with Crippen molar-refractivity contribution in [3.8, 4) is 0 Å². The van der Waals surface area contributed by atoms with Gasteiger partial charge in [-0.05, 0) is 74.8 Å². The molecular weight excluding hydrogens is 430 g/mol. The quantitative estimate of drug-likeness (QED) is 0.392. The minimum Gasteiger partial charge on any atom is -0.453 e. The number of methoxy groups -OCH3 is 1. The Morgan fingerprint density at radius 3 is 2.33 bits per heavy atom. The van der Waals surface area contributed by atoms with Crippen LogP contribution in [0.3, 0.4) is 0 Å². The Hall–Kier alpha value is -2.02. The van der Waals surface area contributed by atoms with Crippen LogP contribution in [-0.2, 0) is 4.74 Å². The molecule has 5 nitrogen and oxygen atoms in total. The Balaban J connectivity index is 1.54. The number of likely N-dealkylation sites (tertiary alicyclic amines) is 1. The number of carbonyl (C=O) groups is 1. The van der Waals surface area contributed by atoms with Crippen LogP contribution >= 0.6 is 11.9 Å². The van der Waals surface area contributed by atoms with E-state index in [9.17, 15) is 4.79 Å². The Kier molecular flexibility index (Phi) is 10.6. The lowest BCUT2D eigenvalue weighted by atomic mass is 9.94. The van der Waals surface area contributed by atoms with Gasteiger partial charge in [0.15, 0.2) is 0 Å². The number of benzene rings is 2. The standard InChI is InChI=1S/C27H39N3O2S/c1-4-18-30(27(31)32-3)25-16-20-29(21-17-25)19-15-24(23-11-7-5-8-12-23)22-28(2)33-26-13-9-6-10-14-26/h5-14,24-25H,4,15-22H2,1-3H3. The molecule has 1 atom stereocenters. The van der Waals surface area contributed by atoms with Crippen molar-refractivity contribution in [3.63, 3.8) is 0 Å². The van der Waals surface area contributed by atoms with Crippen LogP contribution in [0.25, 0.3) is 0 Å². The maximum atomic E-state index is 12.2. The topological polar surface area (TPSA) is 36.0 Å². The molecule has 3 rings (SSSR count). The number of carbonyl (C=O) groups excluding carboxylic acids is 1. The van der Waals surface area contributed by atoms with E-state index in [0.29, 0.717) is 12.0 Å². The number of nitrogens with zero attached hydrogens (tertiary/aromatic N) is 3. The summed E-state index contributed by atoms with van der Waals surface area (Å²) in [5, 5.41) is 0. The maximum absolute atomic E-state index is 12.2. The smallest absolute Gasteiger partial charge is 0.409 e. The van der Waals surface area contributed by atoms with Crippen molar-refractivity contribution in [2.45, 2.75) is 49.5 Å². The molecule has 2 aromatic rings. The number of amides is 1. The number of ether oxygens (including phenoxy) is 1. The molecule has 0 radical (unpaired) electrons. The third kappa shape index (κ3) is 8.05. The highest BCUT2D eigenvalue weighted by Crippen LogP contribution is 2.28. The summed E-state index contributed by atoms with van der Waals surface area (Å²) in [7, 11) is 3.67. The molecular formula is C27H39N3O2S. The van der Waals surface area contributed by atoms with Crippen LogP contribution in [0.15, 0.2) is 65.6 Å². The summed E-state index contributed by atoms with van der Waals surface area (Å²) in [4.78, 5) is 17.9. The first-order valence-electron chi connectivity index (χ1n) is 12.2. The zero-order chi connectivity index (χ0) is 23.5. The molecule has 0 spiro atoms. The first kappa shape index (κ1) is 25.6. The minimum atomic E-state index is -0.182. The highest BCUT2D eigenvalue weighted by molar-refractivity contribution is 7.97. The van der Waals surface area contributed by atoms with Crippen LogP contribution in [0.1, 0.15) is 44.1 Å². The van der Waals surface area contributed by atoms with Crippen molar-refractivity contribution in [1.82, 2.24) is 14.1 Å².